The van der Waals surface area contributed by atoms with Crippen LogP contribution in [0.15, 0.2) is 60.7 Å². The number of carbonyl (C=O) groups is 2. The maximum atomic E-state index is 13.1. The molecule has 2 unspecified atom stereocenters. The van der Waals surface area contributed by atoms with E-state index in [-0.39, 0.29) is 29.2 Å². The minimum absolute atomic E-state index is 0.0000877. The van der Waals surface area contributed by atoms with E-state index < -0.39 is 8.32 Å². The number of benzene rings is 2. The second-order valence-electron chi connectivity index (χ2n) is 22.7. The van der Waals surface area contributed by atoms with Crippen LogP contribution in [-0.2, 0) is 23.5 Å². The molecule has 0 heterocycles. The topological polar surface area (TPSA) is 73.9 Å². The molecular formula is C65H115NO5S2Si. The average molecular weight is 1080 g/mol. The molecule has 0 amide bonds. The van der Waals surface area contributed by atoms with Crippen molar-refractivity contribution in [3.05, 3.63) is 60.7 Å². The number of thioether (sulfide) groups is 2. The Bertz CT molecular complexity index is 1480. The summed E-state index contributed by atoms with van der Waals surface area (Å²) in [6.07, 6.45) is 38.8. The van der Waals surface area contributed by atoms with Gasteiger partial charge in [0.25, 0.3) is 8.32 Å². The maximum absolute atomic E-state index is 13.1. The number of rotatable bonds is 51. The molecule has 9 heteroatoms. The largest absolute Gasteiger partial charge is 0.461 e. The highest BCUT2D eigenvalue weighted by molar-refractivity contribution is 7.99. The number of ether oxygens (including phenoxy) is 2. The molecule has 0 bridgehead atoms. The van der Waals surface area contributed by atoms with Crippen LogP contribution < -0.4 is 15.7 Å². The molecule has 426 valence electrons. The van der Waals surface area contributed by atoms with Crippen molar-refractivity contribution in [2.75, 3.05) is 36.2 Å². The predicted octanol–water partition coefficient (Wildman–Crippen LogP) is 18.2. The second kappa shape index (κ2) is 46.2. The van der Waals surface area contributed by atoms with Crippen LogP contribution >= 0.6 is 23.5 Å². The van der Waals surface area contributed by atoms with Crippen molar-refractivity contribution >= 4 is 54.2 Å². The zero-order chi connectivity index (χ0) is 53.6. The Hall–Kier alpha value is -1.78. The SMILES string of the molecule is CCCCCCCCC(=O)OC(CCCCC(CCCCC(CSCCCCCCC)OC(=O)CCCCCCCC)NCCCCO[Si](c1ccccc1)(c1ccccc1)C(C)(C)C)CSCCCCCCC. The van der Waals surface area contributed by atoms with Crippen LogP contribution in [0.2, 0.25) is 5.04 Å². The zero-order valence-electron chi connectivity index (χ0n) is 49.1. The van der Waals surface area contributed by atoms with E-state index in [0.29, 0.717) is 18.9 Å². The van der Waals surface area contributed by atoms with Gasteiger partial charge in [0.05, 0.1) is 0 Å². The Morgan fingerprint density at radius 3 is 1.26 bits per heavy atom. The Kier molecular flexibility index (Phi) is 42.6. The van der Waals surface area contributed by atoms with E-state index in [0.717, 1.165) is 126 Å². The summed E-state index contributed by atoms with van der Waals surface area (Å²) in [7, 11) is -2.56. The molecule has 0 aliphatic heterocycles. The van der Waals surface area contributed by atoms with Crippen LogP contribution in [-0.4, -0.2) is 74.7 Å². The van der Waals surface area contributed by atoms with Gasteiger partial charge in [-0.15, -0.1) is 0 Å². The Morgan fingerprint density at radius 1 is 0.473 bits per heavy atom. The van der Waals surface area contributed by atoms with Gasteiger partial charge in [0.15, 0.2) is 0 Å². The van der Waals surface area contributed by atoms with Gasteiger partial charge in [-0.25, -0.2) is 0 Å². The van der Waals surface area contributed by atoms with E-state index >= 15 is 0 Å². The lowest BCUT2D eigenvalue weighted by atomic mass is 10.00. The first-order chi connectivity index (χ1) is 36.1. The van der Waals surface area contributed by atoms with Gasteiger partial charge in [-0.3, -0.25) is 9.59 Å². The third-order valence-corrected chi connectivity index (χ3v) is 22.3. The number of hydrogen-bond donors (Lipinski definition) is 1. The summed E-state index contributed by atoms with van der Waals surface area (Å²) in [6.45, 7) is 17.8. The van der Waals surface area contributed by atoms with Gasteiger partial charge >= 0.3 is 11.9 Å². The number of hydrogen-bond acceptors (Lipinski definition) is 8. The minimum atomic E-state index is -2.56. The molecule has 0 radical (unpaired) electrons. The fourth-order valence-electron chi connectivity index (χ4n) is 10.4. The number of carbonyl (C=O) groups excluding carboxylic acids is 2. The van der Waals surface area contributed by atoms with Gasteiger partial charge in [-0.2, -0.15) is 23.5 Å². The molecule has 0 aromatic heterocycles. The van der Waals surface area contributed by atoms with Gasteiger partial charge in [0.2, 0.25) is 0 Å². The summed E-state index contributed by atoms with van der Waals surface area (Å²) in [5.41, 5.74) is 0. The number of nitrogens with one attached hydrogen (secondary N) is 1. The van der Waals surface area contributed by atoms with E-state index in [4.69, 9.17) is 13.9 Å². The minimum Gasteiger partial charge on any atom is -0.461 e. The third kappa shape index (κ3) is 32.8. The molecule has 2 rings (SSSR count). The van der Waals surface area contributed by atoms with Gasteiger partial charge in [-0.05, 0) is 111 Å². The number of esters is 2. The van der Waals surface area contributed by atoms with Gasteiger partial charge in [0, 0.05) is 37.0 Å². The molecule has 1 N–H and O–H groups in total. The van der Waals surface area contributed by atoms with E-state index in [2.05, 4.69) is 114 Å². The molecule has 2 aromatic rings. The highest BCUT2D eigenvalue weighted by atomic mass is 32.2. The molecule has 2 atom stereocenters. The first-order valence-electron chi connectivity index (χ1n) is 31.1. The highest BCUT2D eigenvalue weighted by Gasteiger charge is 2.50. The summed E-state index contributed by atoms with van der Waals surface area (Å²) in [6, 6.07) is 22.4. The normalized spacial score (nSPS) is 13.2. The van der Waals surface area contributed by atoms with Crippen molar-refractivity contribution in [3.63, 3.8) is 0 Å². The molecular weight excluding hydrogens is 967 g/mol. The Balaban J connectivity index is 2.10. The van der Waals surface area contributed by atoms with E-state index in [1.165, 1.54) is 126 Å². The van der Waals surface area contributed by atoms with Gasteiger partial charge in [-0.1, -0.05) is 238 Å². The lowest BCUT2D eigenvalue weighted by Gasteiger charge is -2.43. The smallest absolute Gasteiger partial charge is 0.306 e. The third-order valence-electron chi connectivity index (χ3n) is 14.9. The summed E-state index contributed by atoms with van der Waals surface area (Å²) >= 11 is 3.97. The molecule has 74 heavy (non-hydrogen) atoms. The van der Waals surface area contributed by atoms with Crippen molar-refractivity contribution < 1.29 is 23.5 Å². The lowest BCUT2D eigenvalue weighted by Crippen LogP contribution is -2.66. The highest BCUT2D eigenvalue weighted by Crippen LogP contribution is 2.37. The van der Waals surface area contributed by atoms with Crippen molar-refractivity contribution in [1.29, 1.82) is 0 Å². The van der Waals surface area contributed by atoms with Crippen molar-refractivity contribution in [2.45, 2.75) is 290 Å². The molecule has 0 aliphatic carbocycles. The van der Waals surface area contributed by atoms with E-state index in [9.17, 15) is 9.59 Å². The van der Waals surface area contributed by atoms with Crippen molar-refractivity contribution in [1.82, 2.24) is 5.32 Å². The average Bonchev–Trinajstić information content (AvgIpc) is 3.39. The number of unbranched alkanes of at least 4 members (excludes halogenated alkanes) is 21. The van der Waals surface area contributed by atoms with E-state index in [1.807, 2.05) is 23.5 Å². The fourth-order valence-corrected chi connectivity index (χ4v) is 17.1. The first kappa shape index (κ1) is 68.3. The Morgan fingerprint density at radius 2 is 0.851 bits per heavy atom. The van der Waals surface area contributed by atoms with Crippen LogP contribution in [0.25, 0.3) is 0 Å². The quantitative estimate of drug-likeness (QED) is 0.0399. The second-order valence-corrected chi connectivity index (χ2v) is 29.3. The monoisotopic (exact) mass is 1080 g/mol. The summed E-state index contributed by atoms with van der Waals surface area (Å²) < 4.78 is 19.7. The van der Waals surface area contributed by atoms with E-state index in [1.54, 1.807) is 0 Å². The molecule has 2 aromatic carbocycles. The molecule has 0 aliphatic rings. The van der Waals surface area contributed by atoms with Crippen LogP contribution in [0.4, 0.5) is 0 Å². The predicted molar refractivity (Wildman–Crippen MR) is 329 cm³/mol. The van der Waals surface area contributed by atoms with Gasteiger partial charge in [0.1, 0.15) is 12.2 Å². The summed E-state index contributed by atoms with van der Waals surface area (Å²) in [4.78, 5) is 26.2. The van der Waals surface area contributed by atoms with Crippen molar-refractivity contribution in [2.24, 2.45) is 0 Å². The van der Waals surface area contributed by atoms with Crippen LogP contribution in [0, 0.1) is 0 Å². The molecule has 6 nitrogen and oxygen atoms in total. The summed E-state index contributed by atoms with van der Waals surface area (Å²) in [5, 5.41) is 6.68. The molecule has 0 saturated heterocycles. The van der Waals surface area contributed by atoms with Crippen LogP contribution in [0.3, 0.4) is 0 Å². The molecule has 0 fully saturated rings. The first-order valence-corrected chi connectivity index (χ1v) is 35.4. The van der Waals surface area contributed by atoms with Gasteiger partial charge < -0.3 is 19.2 Å². The van der Waals surface area contributed by atoms with Crippen LogP contribution in [0.1, 0.15) is 267 Å². The summed E-state index contributed by atoms with van der Waals surface area (Å²) in [5.74, 6) is 4.14. The molecule has 0 spiro atoms. The standard InChI is InChI=1S/C65H115NO5S2Si/c1-8-12-16-20-22-32-50-63(67)70-59(56-72-54-40-24-18-14-10-3)44-36-34-42-58(43-35-37-45-60(57-73-55-41-25-19-15-11-4)71-64(68)51-33-23-21-17-13-9-2)66-52-38-39-53-69-74(65(5,6)7,61-46-28-26-29-47-61)62-48-30-27-31-49-62/h26-31,46-49,58-60,66H,8-25,32-45,50-57H2,1-7H3. The maximum Gasteiger partial charge on any atom is 0.306 e. The Labute approximate surface area is 467 Å². The molecule has 0 saturated carbocycles. The van der Waals surface area contributed by atoms with Crippen LogP contribution in [0.5, 0.6) is 0 Å². The van der Waals surface area contributed by atoms with Crippen molar-refractivity contribution in [3.8, 4) is 0 Å². The fraction of sp³-hybridized carbons (Fsp3) is 0.785. The zero-order valence-corrected chi connectivity index (χ0v) is 51.8. The lowest BCUT2D eigenvalue weighted by molar-refractivity contribution is -0.149.